The second-order valence-corrected chi connectivity index (χ2v) is 8.67. The van der Waals surface area contributed by atoms with E-state index in [1.807, 2.05) is 13.1 Å². The van der Waals surface area contributed by atoms with E-state index < -0.39 is 0 Å². The van der Waals surface area contributed by atoms with Crippen LogP contribution in [0.1, 0.15) is 44.1 Å². The zero-order valence-corrected chi connectivity index (χ0v) is 17.8. The van der Waals surface area contributed by atoms with Crippen LogP contribution >= 0.6 is 0 Å². The molecule has 1 aliphatic carbocycles. The molecule has 29 heavy (non-hydrogen) atoms. The van der Waals surface area contributed by atoms with Crippen molar-refractivity contribution in [3.63, 3.8) is 0 Å². The van der Waals surface area contributed by atoms with Crippen LogP contribution < -0.4 is 15.4 Å². The Hall–Kier alpha value is -1.79. The first-order chi connectivity index (χ1) is 14.3. The Morgan fingerprint density at radius 2 is 1.93 bits per heavy atom. The van der Waals surface area contributed by atoms with Crippen molar-refractivity contribution in [1.82, 2.24) is 15.5 Å². The number of nitrogens with zero attached hydrogens (tertiary/aromatic N) is 2. The quantitative estimate of drug-likeness (QED) is 0.519. The van der Waals surface area contributed by atoms with Gasteiger partial charge in [0.2, 0.25) is 0 Å². The number of nitrogens with one attached hydrogen (secondary N) is 2. The minimum Gasteiger partial charge on any atom is -0.493 e. The number of rotatable bonds is 8. The summed E-state index contributed by atoms with van der Waals surface area (Å²) in [4.78, 5) is 7.14. The van der Waals surface area contributed by atoms with Crippen LogP contribution in [-0.4, -0.2) is 62.9 Å². The highest BCUT2D eigenvalue weighted by atomic mass is 16.5. The van der Waals surface area contributed by atoms with E-state index in [1.165, 1.54) is 44.3 Å². The van der Waals surface area contributed by atoms with Gasteiger partial charge in [-0.1, -0.05) is 18.2 Å². The molecule has 0 amide bonds. The van der Waals surface area contributed by atoms with E-state index in [4.69, 9.17) is 9.47 Å². The maximum Gasteiger partial charge on any atom is 0.191 e. The highest BCUT2D eigenvalue weighted by Crippen LogP contribution is 2.31. The average Bonchev–Trinajstić information content (AvgIpc) is 3.43. The van der Waals surface area contributed by atoms with Gasteiger partial charge in [0.1, 0.15) is 5.75 Å². The van der Waals surface area contributed by atoms with Crippen molar-refractivity contribution < 1.29 is 9.47 Å². The number of guanidine groups is 1. The Kier molecular flexibility index (Phi) is 6.93. The molecular formula is C23H36N4O2. The Morgan fingerprint density at radius 3 is 2.66 bits per heavy atom. The molecule has 3 aliphatic rings. The van der Waals surface area contributed by atoms with Gasteiger partial charge in [-0.25, -0.2) is 0 Å². The molecule has 4 rings (SSSR count). The summed E-state index contributed by atoms with van der Waals surface area (Å²) in [5.74, 6) is 2.60. The van der Waals surface area contributed by atoms with E-state index in [-0.39, 0.29) is 5.54 Å². The molecule has 2 N–H and O–H groups in total. The van der Waals surface area contributed by atoms with Crippen molar-refractivity contribution in [3.8, 4) is 5.75 Å². The molecular weight excluding hydrogens is 364 g/mol. The first-order valence-corrected chi connectivity index (χ1v) is 11.3. The minimum atomic E-state index is 0.192. The first-order valence-electron chi connectivity index (χ1n) is 11.3. The molecule has 6 nitrogen and oxygen atoms in total. The standard InChI is InChI=1S/C23H36N4O2/c1-24-22(25-16-20-6-2-3-7-21(20)29-17-19-8-9-19)26-18-23(10-14-28-15-11-23)27-12-4-5-13-27/h2-3,6-7,19H,4-5,8-18H2,1H3,(H2,24,25,26). The van der Waals surface area contributed by atoms with Gasteiger partial charge in [-0.3, -0.25) is 9.89 Å². The molecule has 1 aromatic rings. The van der Waals surface area contributed by atoms with E-state index in [0.717, 1.165) is 56.8 Å². The molecule has 1 aromatic carbocycles. The molecule has 1 saturated carbocycles. The molecule has 3 fully saturated rings. The van der Waals surface area contributed by atoms with Crippen molar-refractivity contribution in [2.45, 2.75) is 50.6 Å². The molecule has 6 heteroatoms. The number of likely N-dealkylation sites (tertiary alicyclic amines) is 1. The SMILES string of the molecule is CN=C(NCc1ccccc1OCC1CC1)NCC1(N2CCCC2)CCOCC1. The summed E-state index contributed by atoms with van der Waals surface area (Å²) in [6, 6.07) is 8.32. The summed E-state index contributed by atoms with van der Waals surface area (Å²) in [6.45, 7) is 6.59. The number of hydrogen-bond donors (Lipinski definition) is 2. The van der Waals surface area contributed by atoms with Crippen molar-refractivity contribution >= 4 is 5.96 Å². The van der Waals surface area contributed by atoms with Gasteiger partial charge in [0, 0.05) is 44.5 Å². The molecule has 0 aromatic heterocycles. The number of hydrogen-bond acceptors (Lipinski definition) is 4. The highest BCUT2D eigenvalue weighted by molar-refractivity contribution is 5.79. The third kappa shape index (κ3) is 5.43. The summed E-state index contributed by atoms with van der Waals surface area (Å²) in [7, 11) is 1.84. The lowest BCUT2D eigenvalue weighted by atomic mass is 9.88. The number of benzene rings is 1. The lowest BCUT2D eigenvalue weighted by molar-refractivity contribution is -0.0164. The van der Waals surface area contributed by atoms with Crippen LogP contribution in [0.2, 0.25) is 0 Å². The monoisotopic (exact) mass is 400 g/mol. The lowest BCUT2D eigenvalue weighted by Gasteiger charge is -2.45. The van der Waals surface area contributed by atoms with Gasteiger partial charge in [0.25, 0.3) is 0 Å². The Morgan fingerprint density at radius 1 is 1.17 bits per heavy atom. The van der Waals surface area contributed by atoms with E-state index in [2.05, 4.69) is 38.7 Å². The number of ether oxygens (including phenoxy) is 2. The highest BCUT2D eigenvalue weighted by Gasteiger charge is 2.39. The van der Waals surface area contributed by atoms with E-state index in [1.54, 1.807) is 0 Å². The molecule has 160 valence electrons. The summed E-state index contributed by atoms with van der Waals surface area (Å²) in [5, 5.41) is 7.09. The van der Waals surface area contributed by atoms with Crippen LogP contribution in [0.3, 0.4) is 0 Å². The van der Waals surface area contributed by atoms with Crippen molar-refractivity contribution in [3.05, 3.63) is 29.8 Å². The third-order valence-electron chi connectivity index (χ3n) is 6.60. The third-order valence-corrected chi connectivity index (χ3v) is 6.60. The fourth-order valence-corrected chi connectivity index (χ4v) is 4.48. The molecule has 2 heterocycles. The predicted octanol–water partition coefficient (Wildman–Crippen LogP) is 2.79. The fraction of sp³-hybridized carbons (Fsp3) is 0.696. The largest absolute Gasteiger partial charge is 0.493 e. The normalized spacial score (nSPS) is 22.4. The molecule has 2 saturated heterocycles. The zero-order chi connectivity index (χ0) is 19.9. The smallest absolute Gasteiger partial charge is 0.191 e. The molecule has 0 radical (unpaired) electrons. The van der Waals surface area contributed by atoms with Crippen LogP contribution in [0, 0.1) is 5.92 Å². The van der Waals surface area contributed by atoms with Gasteiger partial charge in [-0.2, -0.15) is 0 Å². The average molecular weight is 401 g/mol. The maximum atomic E-state index is 6.04. The zero-order valence-electron chi connectivity index (χ0n) is 17.8. The van der Waals surface area contributed by atoms with E-state index in [9.17, 15) is 0 Å². The second kappa shape index (κ2) is 9.81. The van der Waals surface area contributed by atoms with E-state index >= 15 is 0 Å². The van der Waals surface area contributed by atoms with Crippen LogP contribution in [0.15, 0.2) is 29.3 Å². The van der Waals surface area contributed by atoms with Gasteiger partial charge < -0.3 is 20.1 Å². The summed E-state index contributed by atoms with van der Waals surface area (Å²) in [6.07, 6.45) is 7.42. The van der Waals surface area contributed by atoms with Crippen molar-refractivity contribution in [2.75, 3.05) is 46.5 Å². The molecule has 0 bridgehead atoms. The summed E-state index contributed by atoms with van der Waals surface area (Å²) < 4.78 is 11.7. The summed E-state index contributed by atoms with van der Waals surface area (Å²) in [5.41, 5.74) is 1.37. The van der Waals surface area contributed by atoms with Gasteiger partial charge >= 0.3 is 0 Å². The predicted molar refractivity (Wildman–Crippen MR) is 116 cm³/mol. The molecule has 2 aliphatic heterocycles. The molecule has 0 spiro atoms. The van der Waals surface area contributed by atoms with Crippen molar-refractivity contribution in [2.24, 2.45) is 10.9 Å². The van der Waals surface area contributed by atoms with Crippen molar-refractivity contribution in [1.29, 1.82) is 0 Å². The van der Waals surface area contributed by atoms with Crippen LogP contribution in [0.25, 0.3) is 0 Å². The van der Waals surface area contributed by atoms with Crippen LogP contribution in [-0.2, 0) is 11.3 Å². The number of para-hydroxylation sites is 1. The summed E-state index contributed by atoms with van der Waals surface area (Å²) >= 11 is 0. The number of aliphatic imine (C=N–C) groups is 1. The first kappa shape index (κ1) is 20.5. The topological polar surface area (TPSA) is 58.1 Å². The van der Waals surface area contributed by atoms with E-state index in [0.29, 0.717) is 6.54 Å². The molecule has 0 atom stereocenters. The van der Waals surface area contributed by atoms with Gasteiger partial charge in [0.05, 0.1) is 6.61 Å². The lowest BCUT2D eigenvalue weighted by Crippen LogP contribution is -2.58. The van der Waals surface area contributed by atoms with Crippen LogP contribution in [0.5, 0.6) is 5.75 Å². The maximum absolute atomic E-state index is 6.04. The van der Waals surface area contributed by atoms with Gasteiger partial charge in [-0.15, -0.1) is 0 Å². The fourth-order valence-electron chi connectivity index (χ4n) is 4.48. The van der Waals surface area contributed by atoms with Gasteiger partial charge in [0.15, 0.2) is 5.96 Å². The minimum absolute atomic E-state index is 0.192. The van der Waals surface area contributed by atoms with Crippen LogP contribution in [0.4, 0.5) is 0 Å². The Bertz CT molecular complexity index is 677. The van der Waals surface area contributed by atoms with Gasteiger partial charge in [-0.05, 0) is 63.6 Å². The second-order valence-electron chi connectivity index (χ2n) is 8.67. The molecule has 0 unspecified atom stereocenters. The Labute approximate surface area is 175 Å². The Balaban J connectivity index is 1.32.